The van der Waals surface area contributed by atoms with E-state index in [1.807, 2.05) is 0 Å². The van der Waals surface area contributed by atoms with Crippen LogP contribution in [0.1, 0.15) is 35.2 Å². The Balaban J connectivity index is 1.74. The highest BCUT2D eigenvalue weighted by atomic mass is 19.3. The number of alkyl halides is 2. The molecule has 7 heteroatoms. The maximum Gasteiger partial charge on any atom is 0.335 e. The number of carboxylic acids is 1. The van der Waals surface area contributed by atoms with Gasteiger partial charge in [0.05, 0.1) is 5.56 Å². The first-order chi connectivity index (χ1) is 10.4. The van der Waals surface area contributed by atoms with Crippen LogP contribution in [-0.2, 0) is 6.54 Å². The third-order valence-corrected chi connectivity index (χ3v) is 3.82. The molecule has 0 spiro atoms. The summed E-state index contributed by atoms with van der Waals surface area (Å²) < 4.78 is 26.8. The smallest absolute Gasteiger partial charge is 0.335 e. The van der Waals surface area contributed by atoms with Crippen molar-refractivity contribution in [3.05, 3.63) is 35.4 Å². The van der Waals surface area contributed by atoms with E-state index in [9.17, 15) is 18.4 Å². The first-order valence-corrected chi connectivity index (χ1v) is 7.10. The van der Waals surface area contributed by atoms with E-state index in [0.29, 0.717) is 12.8 Å². The lowest BCUT2D eigenvalue weighted by Gasteiger charge is -2.19. The first kappa shape index (κ1) is 16.2. The van der Waals surface area contributed by atoms with Gasteiger partial charge in [0, 0.05) is 25.4 Å². The number of nitrogens with one attached hydrogen (secondary N) is 2. The number of halogens is 2. The number of hydrogen-bond donors (Lipinski definition) is 3. The van der Waals surface area contributed by atoms with Crippen LogP contribution in [0, 0.1) is 5.92 Å². The molecule has 2 rings (SSSR count). The summed E-state index contributed by atoms with van der Waals surface area (Å²) in [6, 6.07) is 5.56. The lowest BCUT2D eigenvalue weighted by Crippen LogP contribution is -2.40. The van der Waals surface area contributed by atoms with Crippen molar-refractivity contribution >= 4 is 12.0 Å². The Hall–Kier alpha value is -2.18. The Bertz CT molecular complexity index is 546. The van der Waals surface area contributed by atoms with Crippen molar-refractivity contribution in [3.63, 3.8) is 0 Å². The molecule has 22 heavy (non-hydrogen) atoms. The summed E-state index contributed by atoms with van der Waals surface area (Å²) >= 11 is 0. The SMILES string of the molecule is O=C(NCc1ccc(C(=O)O)cc1)NCC1CCCC1(F)F. The third-order valence-electron chi connectivity index (χ3n) is 3.82. The molecule has 0 saturated heterocycles. The maximum absolute atomic E-state index is 13.4. The fourth-order valence-electron chi connectivity index (χ4n) is 2.48. The van der Waals surface area contributed by atoms with Crippen molar-refractivity contribution in [1.82, 2.24) is 10.6 Å². The van der Waals surface area contributed by atoms with E-state index >= 15 is 0 Å². The monoisotopic (exact) mass is 312 g/mol. The molecule has 2 amide bonds. The number of hydrogen-bond acceptors (Lipinski definition) is 2. The molecular formula is C15H18F2N2O3. The van der Waals surface area contributed by atoms with Gasteiger partial charge in [-0.05, 0) is 30.5 Å². The normalized spacial score (nSPS) is 19.6. The Kier molecular flexibility index (Phi) is 4.95. The van der Waals surface area contributed by atoms with Crippen LogP contribution in [0.5, 0.6) is 0 Å². The number of rotatable bonds is 5. The Labute approximate surface area is 126 Å². The number of carboxylic acid groups (broad SMARTS) is 1. The van der Waals surface area contributed by atoms with Crippen LogP contribution in [0.2, 0.25) is 0 Å². The number of amides is 2. The molecule has 0 aromatic heterocycles. The highest BCUT2D eigenvalue weighted by molar-refractivity contribution is 5.87. The predicted molar refractivity (Wildman–Crippen MR) is 75.9 cm³/mol. The Morgan fingerprint density at radius 1 is 1.23 bits per heavy atom. The molecule has 1 aliphatic rings. The zero-order chi connectivity index (χ0) is 16.2. The van der Waals surface area contributed by atoms with Gasteiger partial charge in [0.25, 0.3) is 5.92 Å². The minimum absolute atomic E-state index is 0.0449. The predicted octanol–water partition coefficient (Wildman–Crippen LogP) is 2.62. The third kappa shape index (κ3) is 4.16. The highest BCUT2D eigenvalue weighted by Crippen LogP contribution is 2.39. The van der Waals surface area contributed by atoms with Crippen molar-refractivity contribution in [2.75, 3.05) is 6.54 Å². The minimum Gasteiger partial charge on any atom is -0.478 e. The second-order valence-corrected chi connectivity index (χ2v) is 5.42. The number of urea groups is 1. The van der Waals surface area contributed by atoms with Gasteiger partial charge in [-0.15, -0.1) is 0 Å². The molecule has 0 bridgehead atoms. The van der Waals surface area contributed by atoms with Crippen LogP contribution in [0.25, 0.3) is 0 Å². The number of carbonyl (C=O) groups excluding carboxylic acids is 1. The van der Waals surface area contributed by atoms with Crippen LogP contribution < -0.4 is 10.6 Å². The molecule has 0 heterocycles. The molecule has 5 nitrogen and oxygen atoms in total. The average molecular weight is 312 g/mol. The summed E-state index contributed by atoms with van der Waals surface area (Å²) in [4.78, 5) is 22.3. The standard InChI is InChI=1S/C15H18F2N2O3/c16-15(17)7-1-2-12(15)9-19-14(22)18-8-10-3-5-11(6-4-10)13(20)21/h3-6,12H,1-2,7-9H2,(H,20,21)(H2,18,19,22). The molecule has 3 N–H and O–H groups in total. The van der Waals surface area contributed by atoms with Gasteiger partial charge in [-0.2, -0.15) is 0 Å². The van der Waals surface area contributed by atoms with E-state index in [2.05, 4.69) is 10.6 Å². The summed E-state index contributed by atoms with van der Waals surface area (Å²) in [6.45, 7) is 0.156. The molecule has 1 fully saturated rings. The molecular weight excluding hydrogens is 294 g/mol. The maximum atomic E-state index is 13.4. The molecule has 0 radical (unpaired) electrons. The van der Waals surface area contributed by atoms with Crippen LogP contribution in [0.3, 0.4) is 0 Å². The minimum atomic E-state index is -2.69. The largest absolute Gasteiger partial charge is 0.478 e. The van der Waals surface area contributed by atoms with E-state index < -0.39 is 23.8 Å². The molecule has 1 unspecified atom stereocenters. The van der Waals surface area contributed by atoms with Gasteiger partial charge in [-0.1, -0.05) is 12.1 Å². The highest BCUT2D eigenvalue weighted by Gasteiger charge is 2.43. The van der Waals surface area contributed by atoms with Gasteiger partial charge >= 0.3 is 12.0 Å². The zero-order valence-corrected chi connectivity index (χ0v) is 11.9. The van der Waals surface area contributed by atoms with E-state index in [-0.39, 0.29) is 25.1 Å². The van der Waals surface area contributed by atoms with Gasteiger partial charge in [0.2, 0.25) is 0 Å². The van der Waals surface area contributed by atoms with E-state index in [0.717, 1.165) is 5.56 Å². The second kappa shape index (κ2) is 6.72. The van der Waals surface area contributed by atoms with Crippen molar-refractivity contribution in [1.29, 1.82) is 0 Å². The van der Waals surface area contributed by atoms with Crippen LogP contribution in [-0.4, -0.2) is 29.6 Å². The van der Waals surface area contributed by atoms with Gasteiger partial charge in [-0.3, -0.25) is 0 Å². The second-order valence-electron chi connectivity index (χ2n) is 5.42. The lowest BCUT2D eigenvalue weighted by molar-refractivity contribution is -0.0349. The number of aromatic carboxylic acids is 1. The molecule has 1 atom stereocenters. The summed E-state index contributed by atoms with van der Waals surface area (Å²) in [6.07, 6.45) is 0.789. The number of benzene rings is 1. The Morgan fingerprint density at radius 3 is 2.45 bits per heavy atom. The Morgan fingerprint density at radius 2 is 1.91 bits per heavy atom. The quantitative estimate of drug-likeness (QED) is 0.782. The van der Waals surface area contributed by atoms with E-state index in [1.54, 1.807) is 12.1 Å². The van der Waals surface area contributed by atoms with Crippen LogP contribution >= 0.6 is 0 Å². The van der Waals surface area contributed by atoms with Gasteiger partial charge < -0.3 is 15.7 Å². The van der Waals surface area contributed by atoms with Crippen molar-refractivity contribution in [3.8, 4) is 0 Å². The van der Waals surface area contributed by atoms with Gasteiger partial charge in [0.1, 0.15) is 0 Å². The topological polar surface area (TPSA) is 78.4 Å². The summed E-state index contributed by atoms with van der Waals surface area (Å²) in [5, 5.41) is 13.8. The van der Waals surface area contributed by atoms with Crippen molar-refractivity contribution in [2.24, 2.45) is 5.92 Å². The van der Waals surface area contributed by atoms with Crippen molar-refractivity contribution in [2.45, 2.75) is 31.7 Å². The van der Waals surface area contributed by atoms with E-state index in [1.165, 1.54) is 12.1 Å². The lowest BCUT2D eigenvalue weighted by atomic mass is 10.1. The molecule has 1 saturated carbocycles. The van der Waals surface area contributed by atoms with Crippen LogP contribution in [0.15, 0.2) is 24.3 Å². The van der Waals surface area contributed by atoms with Gasteiger partial charge in [-0.25, -0.2) is 18.4 Å². The number of carbonyl (C=O) groups is 2. The fourth-order valence-corrected chi connectivity index (χ4v) is 2.48. The summed E-state index contributed by atoms with van der Waals surface area (Å²) in [7, 11) is 0. The van der Waals surface area contributed by atoms with Crippen LogP contribution in [0.4, 0.5) is 13.6 Å². The molecule has 1 aromatic carbocycles. The average Bonchev–Trinajstić information content (AvgIpc) is 2.82. The molecule has 1 aromatic rings. The molecule has 120 valence electrons. The summed E-state index contributed by atoms with van der Waals surface area (Å²) in [5.41, 5.74) is 0.892. The van der Waals surface area contributed by atoms with E-state index in [4.69, 9.17) is 5.11 Å². The van der Waals surface area contributed by atoms with Gasteiger partial charge in [0.15, 0.2) is 0 Å². The first-order valence-electron chi connectivity index (χ1n) is 7.10. The molecule has 0 aliphatic heterocycles. The summed E-state index contributed by atoms with van der Waals surface area (Å²) in [5.74, 6) is -4.51. The molecule has 1 aliphatic carbocycles. The van der Waals surface area contributed by atoms with Crippen molar-refractivity contribution < 1.29 is 23.5 Å². The zero-order valence-electron chi connectivity index (χ0n) is 11.9. The fraction of sp³-hybridized carbons (Fsp3) is 0.467.